The second kappa shape index (κ2) is 8.37. The number of carbonyl (C=O) groups excluding carboxylic acids is 2. The first kappa shape index (κ1) is 20.8. The second-order valence-electron chi connectivity index (χ2n) is 8.41. The second-order valence-corrected chi connectivity index (χ2v) is 8.41. The number of H-pyrrole nitrogens is 1. The van der Waals surface area contributed by atoms with Gasteiger partial charge in [0.1, 0.15) is 5.69 Å². The van der Waals surface area contributed by atoms with Gasteiger partial charge in [0.05, 0.1) is 23.9 Å². The lowest BCUT2D eigenvalue weighted by Gasteiger charge is -2.38. The minimum absolute atomic E-state index is 0.0247. The highest BCUT2D eigenvalue weighted by molar-refractivity contribution is 5.95. The van der Waals surface area contributed by atoms with Gasteiger partial charge >= 0.3 is 0 Å². The van der Waals surface area contributed by atoms with Gasteiger partial charge in [-0.25, -0.2) is 0 Å². The van der Waals surface area contributed by atoms with Gasteiger partial charge in [-0.15, -0.1) is 0 Å². The maximum Gasteiger partial charge on any atom is 0.271 e. The Balaban J connectivity index is 1.29. The smallest absolute Gasteiger partial charge is 0.271 e. The molecule has 1 atom stereocenters. The molecule has 0 bridgehead atoms. The quantitative estimate of drug-likeness (QED) is 0.640. The third-order valence-electron chi connectivity index (χ3n) is 5.71. The Bertz CT molecular complexity index is 1110. The number of aromatic amines is 1. The number of nitrogens with zero attached hydrogens (tertiary/aromatic N) is 4. The van der Waals surface area contributed by atoms with Crippen molar-refractivity contribution in [2.45, 2.75) is 40.3 Å². The Kier molecular flexibility index (Phi) is 5.63. The van der Waals surface area contributed by atoms with Crippen molar-refractivity contribution in [3.8, 4) is 11.3 Å². The van der Waals surface area contributed by atoms with E-state index in [0.29, 0.717) is 25.3 Å². The number of carbonyl (C=O) groups is 2. The van der Waals surface area contributed by atoms with Crippen LogP contribution in [0.25, 0.3) is 11.3 Å². The van der Waals surface area contributed by atoms with E-state index in [-0.39, 0.29) is 23.8 Å². The molecule has 3 aromatic rings. The monoisotopic (exact) mass is 420 g/mol. The number of benzene rings is 1. The van der Waals surface area contributed by atoms with E-state index >= 15 is 0 Å². The van der Waals surface area contributed by atoms with E-state index in [1.165, 1.54) is 0 Å². The molecule has 8 nitrogen and oxygen atoms in total. The molecular formula is C23H28N6O2. The molecule has 1 fully saturated rings. The predicted molar refractivity (Wildman–Crippen MR) is 117 cm³/mol. The highest BCUT2D eigenvalue weighted by Gasteiger charge is 2.37. The number of hydrogen-bond donors (Lipinski definition) is 2. The number of likely N-dealkylation sites (tertiary alicyclic amines) is 1. The van der Waals surface area contributed by atoms with Gasteiger partial charge < -0.3 is 10.2 Å². The maximum absolute atomic E-state index is 12.7. The zero-order chi connectivity index (χ0) is 22.1. The molecule has 1 unspecified atom stereocenters. The lowest BCUT2D eigenvalue weighted by atomic mass is 9.98. The third kappa shape index (κ3) is 4.38. The molecular weight excluding hydrogens is 392 g/mol. The summed E-state index contributed by atoms with van der Waals surface area (Å²) in [5, 5.41) is 14.6. The van der Waals surface area contributed by atoms with Crippen LogP contribution in [0.4, 0.5) is 0 Å². The molecule has 0 saturated carbocycles. The summed E-state index contributed by atoms with van der Waals surface area (Å²) in [6.45, 7) is 9.39. The Morgan fingerprint density at radius 1 is 1.19 bits per heavy atom. The van der Waals surface area contributed by atoms with Gasteiger partial charge in [0, 0.05) is 30.4 Å². The fourth-order valence-electron chi connectivity index (χ4n) is 3.94. The molecule has 2 amide bonds. The first-order valence-electron chi connectivity index (χ1n) is 10.5. The van der Waals surface area contributed by atoms with Crippen LogP contribution in [0.15, 0.2) is 36.4 Å². The molecule has 2 aromatic heterocycles. The molecule has 2 N–H and O–H groups in total. The summed E-state index contributed by atoms with van der Waals surface area (Å²) < 4.78 is 1.90. The van der Waals surface area contributed by atoms with E-state index in [9.17, 15) is 9.59 Å². The first-order chi connectivity index (χ1) is 14.8. The number of aromatic nitrogens is 4. The average Bonchev–Trinajstić information content (AvgIpc) is 3.27. The number of hydrogen-bond acceptors (Lipinski definition) is 4. The van der Waals surface area contributed by atoms with Crippen molar-refractivity contribution < 1.29 is 9.59 Å². The number of amides is 2. The first-order valence-corrected chi connectivity index (χ1v) is 10.5. The summed E-state index contributed by atoms with van der Waals surface area (Å²) in [4.78, 5) is 27.0. The van der Waals surface area contributed by atoms with Crippen LogP contribution >= 0.6 is 0 Å². The summed E-state index contributed by atoms with van der Waals surface area (Å²) in [6.07, 6.45) is 0. The highest BCUT2D eigenvalue weighted by atomic mass is 16.2. The van der Waals surface area contributed by atoms with Crippen LogP contribution in [-0.4, -0.2) is 55.8 Å². The van der Waals surface area contributed by atoms with Crippen LogP contribution in [0.2, 0.25) is 0 Å². The Morgan fingerprint density at radius 2 is 1.94 bits per heavy atom. The summed E-state index contributed by atoms with van der Waals surface area (Å²) >= 11 is 0. The standard InChI is InChI=1S/C23H28N6O2/c1-14-7-5-6-8-19(14)20-10-21(26-25-20)23(31)28-12-18(13-28)22(30)24-16(3)11-29-17(4)9-15(2)27-29/h5-10,16,18H,11-13H2,1-4H3,(H,24,30)(H,25,26). The van der Waals surface area contributed by atoms with E-state index in [4.69, 9.17) is 0 Å². The van der Waals surface area contributed by atoms with Crippen LogP contribution in [0, 0.1) is 26.7 Å². The lowest BCUT2D eigenvalue weighted by molar-refractivity contribution is -0.129. The van der Waals surface area contributed by atoms with Gasteiger partial charge in [-0.05, 0) is 45.4 Å². The van der Waals surface area contributed by atoms with Gasteiger partial charge in [-0.2, -0.15) is 10.2 Å². The van der Waals surface area contributed by atoms with Crippen LogP contribution in [-0.2, 0) is 11.3 Å². The molecule has 3 heterocycles. The largest absolute Gasteiger partial charge is 0.351 e. The Labute approximate surface area is 181 Å². The molecule has 31 heavy (non-hydrogen) atoms. The van der Waals surface area contributed by atoms with Crippen molar-refractivity contribution in [2.75, 3.05) is 13.1 Å². The molecule has 0 aliphatic carbocycles. The lowest BCUT2D eigenvalue weighted by Crippen LogP contribution is -2.57. The summed E-state index contributed by atoms with van der Waals surface area (Å²) in [5.41, 5.74) is 5.32. The average molecular weight is 421 g/mol. The summed E-state index contributed by atoms with van der Waals surface area (Å²) in [7, 11) is 0. The summed E-state index contributed by atoms with van der Waals surface area (Å²) in [6, 6.07) is 11.7. The van der Waals surface area contributed by atoms with Gasteiger partial charge in [-0.1, -0.05) is 24.3 Å². The van der Waals surface area contributed by atoms with Crippen LogP contribution in [0.5, 0.6) is 0 Å². The topological polar surface area (TPSA) is 95.9 Å². The Morgan fingerprint density at radius 3 is 2.61 bits per heavy atom. The van der Waals surface area contributed by atoms with Crippen LogP contribution in [0.1, 0.15) is 34.4 Å². The third-order valence-corrected chi connectivity index (χ3v) is 5.71. The van der Waals surface area contributed by atoms with Crippen LogP contribution in [0.3, 0.4) is 0 Å². The number of aryl methyl sites for hydroxylation is 3. The molecule has 162 valence electrons. The minimum Gasteiger partial charge on any atom is -0.351 e. The SMILES string of the molecule is Cc1cc(C)n(CC(C)NC(=O)C2CN(C(=O)c3cc(-c4ccccc4C)n[nH]3)C2)n1. The molecule has 0 spiro atoms. The molecule has 1 aliphatic rings. The Hall–Kier alpha value is -3.42. The molecule has 1 aliphatic heterocycles. The predicted octanol–water partition coefficient (Wildman–Crippen LogP) is 2.48. The summed E-state index contributed by atoms with van der Waals surface area (Å²) in [5.74, 6) is -0.346. The fourth-order valence-corrected chi connectivity index (χ4v) is 3.94. The molecule has 0 radical (unpaired) electrons. The molecule has 1 aromatic carbocycles. The highest BCUT2D eigenvalue weighted by Crippen LogP contribution is 2.24. The number of nitrogens with one attached hydrogen (secondary N) is 2. The van der Waals surface area contributed by atoms with Crippen LogP contribution < -0.4 is 5.32 Å². The molecule has 8 heteroatoms. The van der Waals surface area contributed by atoms with Crippen molar-refractivity contribution in [2.24, 2.45) is 5.92 Å². The maximum atomic E-state index is 12.7. The van der Waals surface area contributed by atoms with Gasteiger partial charge in [-0.3, -0.25) is 19.4 Å². The minimum atomic E-state index is -0.189. The fraction of sp³-hybridized carbons (Fsp3) is 0.391. The van der Waals surface area contributed by atoms with E-state index in [1.807, 2.05) is 62.7 Å². The van der Waals surface area contributed by atoms with Crippen molar-refractivity contribution >= 4 is 11.8 Å². The van der Waals surface area contributed by atoms with Gasteiger partial charge in [0.2, 0.25) is 5.91 Å². The van der Waals surface area contributed by atoms with Gasteiger partial charge in [0.25, 0.3) is 5.91 Å². The van der Waals surface area contributed by atoms with Crippen molar-refractivity contribution in [3.63, 3.8) is 0 Å². The van der Waals surface area contributed by atoms with E-state index in [0.717, 1.165) is 28.2 Å². The molecule has 4 rings (SSSR count). The van der Waals surface area contributed by atoms with Gasteiger partial charge in [0.15, 0.2) is 0 Å². The van der Waals surface area contributed by atoms with Crippen molar-refractivity contribution in [1.82, 2.24) is 30.2 Å². The van der Waals surface area contributed by atoms with E-state index < -0.39 is 0 Å². The normalized spacial score (nSPS) is 14.9. The van der Waals surface area contributed by atoms with Crippen molar-refractivity contribution in [3.05, 3.63) is 59.0 Å². The zero-order valence-corrected chi connectivity index (χ0v) is 18.3. The van der Waals surface area contributed by atoms with Crippen molar-refractivity contribution in [1.29, 1.82) is 0 Å². The van der Waals surface area contributed by atoms with E-state index in [2.05, 4.69) is 20.6 Å². The molecule has 1 saturated heterocycles. The van der Waals surface area contributed by atoms with E-state index in [1.54, 1.807) is 11.0 Å². The zero-order valence-electron chi connectivity index (χ0n) is 18.3. The number of rotatable bonds is 6.